The van der Waals surface area contributed by atoms with Crippen LogP contribution in [0.4, 0.5) is 0 Å². The van der Waals surface area contributed by atoms with Crippen LogP contribution in [0.25, 0.3) is 0 Å². The van der Waals surface area contributed by atoms with E-state index in [9.17, 15) is 4.79 Å². The van der Waals surface area contributed by atoms with Crippen LogP contribution in [0.3, 0.4) is 0 Å². The molecule has 15 heavy (non-hydrogen) atoms. The number of carboxylic acid groups (broad SMARTS) is 1. The van der Waals surface area contributed by atoms with Crippen molar-refractivity contribution in [2.75, 3.05) is 0 Å². The molecule has 0 spiro atoms. The van der Waals surface area contributed by atoms with Crippen LogP contribution in [0.2, 0.25) is 0 Å². The molecule has 2 N–H and O–H groups in total. The van der Waals surface area contributed by atoms with Gasteiger partial charge in [0.1, 0.15) is 0 Å². The fraction of sp³-hybridized carbons (Fsp3) is 0.417. The predicted octanol–water partition coefficient (Wildman–Crippen LogP) is 2.48. The summed E-state index contributed by atoms with van der Waals surface area (Å²) in [5.74, 6) is -0.979. The predicted molar refractivity (Wildman–Crippen MR) is 62.6 cm³/mol. The van der Waals surface area contributed by atoms with Crippen molar-refractivity contribution < 1.29 is 9.90 Å². The Morgan fingerprint density at radius 3 is 2.53 bits per heavy atom. The highest BCUT2D eigenvalue weighted by molar-refractivity contribution is 5.89. The molecule has 0 fully saturated rings. The number of rotatable bonds is 6. The second kappa shape index (κ2) is 6.06. The Hall–Kier alpha value is -1.51. The highest BCUT2D eigenvalue weighted by Crippen LogP contribution is 2.06. The van der Waals surface area contributed by atoms with Gasteiger partial charge >= 0.3 is 5.97 Å². The average Bonchev–Trinajstić information content (AvgIpc) is 2.15. The minimum atomic E-state index is -0.979. The fourth-order valence-electron chi connectivity index (χ4n) is 0.932. The van der Waals surface area contributed by atoms with Crippen molar-refractivity contribution in [1.82, 2.24) is 5.32 Å². The smallest absolute Gasteiger partial charge is 0.337 e. The third-order valence-corrected chi connectivity index (χ3v) is 1.84. The molecule has 0 unspecified atom stereocenters. The molecule has 0 aromatic rings. The lowest BCUT2D eigenvalue weighted by atomic mass is 10.0. The minimum Gasteiger partial charge on any atom is -0.478 e. The molecule has 0 aliphatic carbocycles. The first-order valence-electron chi connectivity index (χ1n) is 4.94. The van der Waals surface area contributed by atoms with E-state index in [1.807, 2.05) is 26.0 Å². The van der Waals surface area contributed by atoms with Gasteiger partial charge in [0.15, 0.2) is 0 Å². The van der Waals surface area contributed by atoms with Gasteiger partial charge in [0.05, 0.1) is 5.57 Å². The molecule has 3 heteroatoms. The van der Waals surface area contributed by atoms with Crippen molar-refractivity contribution in [3.63, 3.8) is 0 Å². The first kappa shape index (κ1) is 13.5. The van der Waals surface area contributed by atoms with Crippen molar-refractivity contribution in [2.45, 2.75) is 32.7 Å². The summed E-state index contributed by atoms with van der Waals surface area (Å²) in [6.07, 6.45) is 7.79. The first-order valence-corrected chi connectivity index (χ1v) is 4.94. The van der Waals surface area contributed by atoms with Gasteiger partial charge < -0.3 is 10.4 Å². The maximum Gasteiger partial charge on any atom is 0.337 e. The van der Waals surface area contributed by atoms with E-state index < -0.39 is 5.97 Å². The molecule has 0 amide bonds. The third-order valence-electron chi connectivity index (χ3n) is 1.84. The van der Waals surface area contributed by atoms with Gasteiger partial charge in [-0.15, -0.1) is 0 Å². The lowest BCUT2D eigenvalue weighted by molar-refractivity contribution is -0.132. The van der Waals surface area contributed by atoms with E-state index in [1.165, 1.54) is 12.3 Å². The van der Waals surface area contributed by atoms with Gasteiger partial charge in [0, 0.05) is 11.7 Å². The maximum absolute atomic E-state index is 10.7. The van der Waals surface area contributed by atoms with E-state index in [2.05, 4.69) is 18.8 Å². The van der Waals surface area contributed by atoms with E-state index in [-0.39, 0.29) is 11.1 Å². The number of hydrogen-bond donors (Lipinski definition) is 2. The largest absolute Gasteiger partial charge is 0.478 e. The van der Waals surface area contributed by atoms with Crippen molar-refractivity contribution in [3.8, 4) is 0 Å². The van der Waals surface area contributed by atoms with Crippen LogP contribution in [0.15, 0.2) is 36.6 Å². The quantitative estimate of drug-likeness (QED) is 0.401. The molecule has 0 atom stereocenters. The Balaban J connectivity index is 4.52. The molecule has 0 aromatic carbocycles. The summed E-state index contributed by atoms with van der Waals surface area (Å²) in [4.78, 5) is 10.7. The van der Waals surface area contributed by atoms with Crippen molar-refractivity contribution in [1.29, 1.82) is 0 Å². The zero-order chi connectivity index (χ0) is 11.9. The molecule has 0 saturated carbocycles. The molecule has 3 nitrogen and oxygen atoms in total. The Kier molecular flexibility index (Phi) is 5.45. The Bertz CT molecular complexity index is 288. The van der Waals surface area contributed by atoms with Crippen LogP contribution >= 0.6 is 0 Å². The maximum atomic E-state index is 10.7. The van der Waals surface area contributed by atoms with Gasteiger partial charge in [-0.25, -0.2) is 4.79 Å². The Morgan fingerprint density at radius 2 is 2.13 bits per heavy atom. The van der Waals surface area contributed by atoms with E-state index in [0.29, 0.717) is 0 Å². The minimum absolute atomic E-state index is 0.160. The van der Waals surface area contributed by atoms with E-state index >= 15 is 0 Å². The summed E-state index contributed by atoms with van der Waals surface area (Å²) in [7, 11) is 0. The summed E-state index contributed by atoms with van der Waals surface area (Å²) in [6.45, 7) is 9.43. The molecule has 84 valence electrons. The molecule has 0 saturated heterocycles. The molecular formula is C12H19NO2. The number of nitrogens with one attached hydrogen (secondary N) is 1. The van der Waals surface area contributed by atoms with E-state index in [4.69, 9.17) is 5.11 Å². The number of aliphatic carboxylic acids is 1. The zero-order valence-corrected chi connectivity index (χ0v) is 9.58. The van der Waals surface area contributed by atoms with Crippen LogP contribution in [-0.2, 0) is 4.79 Å². The Labute approximate surface area is 91.2 Å². The lowest BCUT2D eigenvalue weighted by Crippen LogP contribution is -2.33. The molecule has 0 aliphatic heterocycles. The highest BCUT2D eigenvalue weighted by atomic mass is 16.4. The third kappa shape index (κ3) is 5.73. The first-order chi connectivity index (χ1) is 6.93. The normalized spacial score (nSPS) is 12.9. The standard InChI is InChI=1S/C12H19NO2/c1-5-7-8-12(3,4)13-9-10(6-2)11(14)15/h6-9,13H,2,5H2,1,3-4H3,(H,14,15)/b8-7-,10-9+. The molecule has 0 aliphatic rings. The van der Waals surface area contributed by atoms with Gasteiger partial charge in [-0.05, 0) is 20.3 Å². The Morgan fingerprint density at radius 1 is 1.53 bits per heavy atom. The number of carbonyl (C=O) groups is 1. The second-order valence-electron chi connectivity index (χ2n) is 3.79. The average molecular weight is 209 g/mol. The summed E-state index contributed by atoms with van der Waals surface area (Å²) in [5, 5.41) is 11.8. The number of hydrogen-bond acceptors (Lipinski definition) is 2. The lowest BCUT2D eigenvalue weighted by Gasteiger charge is -2.21. The van der Waals surface area contributed by atoms with Gasteiger partial charge in [-0.1, -0.05) is 31.7 Å². The van der Waals surface area contributed by atoms with Crippen molar-refractivity contribution in [3.05, 3.63) is 36.6 Å². The molecule has 0 radical (unpaired) electrons. The van der Waals surface area contributed by atoms with Gasteiger partial charge in [0.25, 0.3) is 0 Å². The van der Waals surface area contributed by atoms with Crippen LogP contribution in [-0.4, -0.2) is 16.6 Å². The number of allylic oxidation sites excluding steroid dienone is 1. The van der Waals surface area contributed by atoms with Gasteiger partial charge in [-0.2, -0.15) is 0 Å². The van der Waals surface area contributed by atoms with Gasteiger partial charge in [0.2, 0.25) is 0 Å². The molecule has 0 heterocycles. The SMILES string of the molecule is C=C/C(=C\NC(C)(C)/C=C\CC)C(=O)O. The highest BCUT2D eigenvalue weighted by Gasteiger charge is 2.11. The fourth-order valence-corrected chi connectivity index (χ4v) is 0.932. The topological polar surface area (TPSA) is 49.3 Å². The summed E-state index contributed by atoms with van der Waals surface area (Å²) in [5.41, 5.74) is -0.0901. The van der Waals surface area contributed by atoms with Crippen LogP contribution in [0.1, 0.15) is 27.2 Å². The van der Waals surface area contributed by atoms with Crippen molar-refractivity contribution in [2.24, 2.45) is 0 Å². The van der Waals surface area contributed by atoms with Crippen LogP contribution in [0, 0.1) is 0 Å². The second-order valence-corrected chi connectivity index (χ2v) is 3.79. The molecule has 0 bridgehead atoms. The summed E-state index contributed by atoms with van der Waals surface area (Å²) >= 11 is 0. The van der Waals surface area contributed by atoms with E-state index in [1.54, 1.807) is 0 Å². The van der Waals surface area contributed by atoms with Gasteiger partial charge in [-0.3, -0.25) is 0 Å². The van der Waals surface area contributed by atoms with E-state index in [0.717, 1.165) is 6.42 Å². The molecular weight excluding hydrogens is 190 g/mol. The number of carboxylic acids is 1. The molecule has 0 rings (SSSR count). The zero-order valence-electron chi connectivity index (χ0n) is 9.58. The monoisotopic (exact) mass is 209 g/mol. The summed E-state index contributed by atoms with van der Waals surface area (Å²) < 4.78 is 0. The summed E-state index contributed by atoms with van der Waals surface area (Å²) in [6, 6.07) is 0. The van der Waals surface area contributed by atoms with Crippen LogP contribution < -0.4 is 5.32 Å². The van der Waals surface area contributed by atoms with Crippen molar-refractivity contribution >= 4 is 5.97 Å². The van der Waals surface area contributed by atoms with Crippen LogP contribution in [0.5, 0.6) is 0 Å². The molecule has 0 aromatic heterocycles.